The molecule has 3 N–H and O–H groups in total. The van der Waals surface area contributed by atoms with Crippen molar-refractivity contribution in [3.05, 3.63) is 73.5 Å². The molecule has 10 nitrogen and oxygen atoms in total. The van der Waals surface area contributed by atoms with Crippen molar-refractivity contribution < 1.29 is 18.7 Å². The van der Waals surface area contributed by atoms with Crippen LogP contribution in [0.25, 0.3) is 10.9 Å². The number of halogens is 1. The molecule has 11 heteroatoms. The van der Waals surface area contributed by atoms with Crippen LogP contribution in [0.2, 0.25) is 0 Å². The predicted octanol–water partition coefficient (Wildman–Crippen LogP) is 5.87. The average Bonchev–Trinajstić information content (AvgIpc) is 3.82. The van der Waals surface area contributed by atoms with Gasteiger partial charge in [0.2, 0.25) is 5.91 Å². The number of hydrogen-bond acceptors (Lipinski definition) is 9. The third-order valence-electron chi connectivity index (χ3n) is 7.39. The molecule has 1 aliphatic carbocycles. The van der Waals surface area contributed by atoms with E-state index in [1.807, 2.05) is 12.1 Å². The first-order valence-electron chi connectivity index (χ1n) is 14.0. The van der Waals surface area contributed by atoms with Crippen LogP contribution in [-0.2, 0) is 4.79 Å². The Labute approximate surface area is 243 Å². The van der Waals surface area contributed by atoms with Crippen LogP contribution in [0.1, 0.15) is 25.7 Å². The number of carbonyl (C=O) groups is 1. The first kappa shape index (κ1) is 27.3. The normalized spacial score (nSPS) is 15.2. The number of pyridine rings is 1. The first-order chi connectivity index (χ1) is 20.5. The zero-order valence-corrected chi connectivity index (χ0v) is 23.3. The van der Waals surface area contributed by atoms with Gasteiger partial charge in [0.1, 0.15) is 41.0 Å². The second kappa shape index (κ2) is 11.9. The van der Waals surface area contributed by atoms with Crippen LogP contribution in [0, 0.1) is 5.82 Å². The molecule has 2 aromatic heterocycles. The van der Waals surface area contributed by atoms with E-state index in [0.717, 1.165) is 37.2 Å². The smallest absolute Gasteiger partial charge is 0.245 e. The van der Waals surface area contributed by atoms with Gasteiger partial charge < -0.3 is 30.3 Å². The molecular formula is C31H32FN7O3. The third-order valence-corrected chi connectivity index (χ3v) is 7.39. The highest BCUT2D eigenvalue weighted by molar-refractivity contribution is 5.95. The number of ether oxygens (including phenoxy) is 2. The van der Waals surface area contributed by atoms with Crippen molar-refractivity contribution in [2.75, 3.05) is 36.1 Å². The van der Waals surface area contributed by atoms with Crippen LogP contribution in [0.4, 0.5) is 27.4 Å². The second-order valence-corrected chi connectivity index (χ2v) is 10.4. The molecule has 3 heterocycles. The van der Waals surface area contributed by atoms with E-state index in [1.54, 1.807) is 42.5 Å². The molecule has 0 atom stereocenters. The summed E-state index contributed by atoms with van der Waals surface area (Å²) in [4.78, 5) is 26.8. The summed E-state index contributed by atoms with van der Waals surface area (Å²) in [7, 11) is 1.60. The maximum absolute atomic E-state index is 15.2. The van der Waals surface area contributed by atoms with Crippen molar-refractivity contribution in [1.82, 2.24) is 19.9 Å². The largest absolute Gasteiger partial charge is 0.495 e. The number of hydrogen-bond donors (Lipinski definition) is 3. The molecule has 2 aromatic carbocycles. The summed E-state index contributed by atoms with van der Waals surface area (Å²) in [5, 5.41) is 10.7. The summed E-state index contributed by atoms with van der Waals surface area (Å²) in [5.41, 5.74) is 1.67. The molecule has 2 fully saturated rings. The van der Waals surface area contributed by atoms with Gasteiger partial charge in [-0.25, -0.2) is 19.3 Å². The predicted molar refractivity (Wildman–Crippen MR) is 160 cm³/mol. The molecule has 4 aromatic rings. The Morgan fingerprint density at radius 1 is 0.976 bits per heavy atom. The minimum absolute atomic E-state index is 0.0518. The van der Waals surface area contributed by atoms with Crippen molar-refractivity contribution in [2.24, 2.45) is 0 Å². The van der Waals surface area contributed by atoms with Gasteiger partial charge in [0.15, 0.2) is 0 Å². The van der Waals surface area contributed by atoms with Gasteiger partial charge in [-0.1, -0.05) is 6.58 Å². The standard InChI is InChI=1S/C31H32FN7O3/c1-3-30(40)39-12-9-20(10-13-39)36-27-16-23-26(17-28(27)41-2)34-18-35-31(23)38-25-7-6-21(14-24(25)32)42-22-8-11-33-29(15-22)37-19-4-5-19/h3,6-8,11,14-20,36H,1,4-5,9-10,12-13H2,2H3,(H,33,37)(H,34,35,38). The summed E-state index contributed by atoms with van der Waals surface area (Å²) in [6, 6.07) is 12.5. The number of carbonyl (C=O) groups excluding carboxylic acids is 1. The van der Waals surface area contributed by atoms with Crippen LogP contribution >= 0.6 is 0 Å². The van der Waals surface area contributed by atoms with Crippen LogP contribution < -0.4 is 25.4 Å². The van der Waals surface area contributed by atoms with E-state index in [-0.39, 0.29) is 17.6 Å². The quantitative estimate of drug-likeness (QED) is 0.202. The van der Waals surface area contributed by atoms with E-state index in [2.05, 4.69) is 37.5 Å². The number of rotatable bonds is 10. The van der Waals surface area contributed by atoms with Crippen molar-refractivity contribution >= 4 is 39.8 Å². The molecule has 0 unspecified atom stereocenters. The maximum atomic E-state index is 15.2. The van der Waals surface area contributed by atoms with Gasteiger partial charge in [0.05, 0.1) is 24.0 Å². The second-order valence-electron chi connectivity index (χ2n) is 10.4. The van der Waals surface area contributed by atoms with E-state index in [9.17, 15) is 4.79 Å². The zero-order chi connectivity index (χ0) is 29.1. The fraction of sp³-hybridized carbons (Fsp3) is 0.290. The van der Waals surface area contributed by atoms with E-state index < -0.39 is 5.82 Å². The van der Waals surface area contributed by atoms with Gasteiger partial charge in [-0.05, 0) is 56.0 Å². The Bertz CT molecular complexity index is 1620. The Balaban J connectivity index is 1.19. The van der Waals surface area contributed by atoms with Gasteiger partial charge in [0, 0.05) is 55.0 Å². The molecule has 1 saturated heterocycles. The summed E-state index contributed by atoms with van der Waals surface area (Å²) in [6.07, 6.45) is 8.29. The fourth-order valence-corrected chi connectivity index (χ4v) is 4.97. The fourth-order valence-electron chi connectivity index (χ4n) is 4.97. The molecule has 0 spiro atoms. The van der Waals surface area contributed by atoms with Crippen LogP contribution in [0.5, 0.6) is 17.2 Å². The minimum Gasteiger partial charge on any atom is -0.495 e. The molecule has 1 saturated carbocycles. The van der Waals surface area contributed by atoms with Gasteiger partial charge in [-0.2, -0.15) is 0 Å². The van der Waals surface area contributed by atoms with Crippen molar-refractivity contribution in [1.29, 1.82) is 0 Å². The van der Waals surface area contributed by atoms with Crippen LogP contribution in [0.3, 0.4) is 0 Å². The Kier molecular flexibility index (Phi) is 7.72. The van der Waals surface area contributed by atoms with Crippen molar-refractivity contribution in [2.45, 2.75) is 37.8 Å². The number of aromatic nitrogens is 3. The summed E-state index contributed by atoms with van der Waals surface area (Å²) in [6.45, 7) is 4.87. The lowest BCUT2D eigenvalue weighted by Crippen LogP contribution is -2.41. The Morgan fingerprint density at radius 2 is 1.76 bits per heavy atom. The van der Waals surface area contributed by atoms with E-state index in [0.29, 0.717) is 53.1 Å². The molecule has 2 aliphatic rings. The number of anilines is 4. The van der Waals surface area contributed by atoms with E-state index in [4.69, 9.17) is 9.47 Å². The van der Waals surface area contributed by atoms with Crippen LogP contribution in [-0.4, -0.2) is 58.0 Å². The lowest BCUT2D eigenvalue weighted by atomic mass is 10.0. The van der Waals surface area contributed by atoms with Crippen LogP contribution in [0.15, 0.2) is 67.6 Å². The maximum Gasteiger partial charge on any atom is 0.245 e. The van der Waals surface area contributed by atoms with Gasteiger partial charge in [-0.3, -0.25) is 4.79 Å². The van der Waals surface area contributed by atoms with Gasteiger partial charge >= 0.3 is 0 Å². The van der Waals surface area contributed by atoms with Crippen molar-refractivity contribution in [3.8, 4) is 17.2 Å². The molecule has 216 valence electrons. The Hall–Kier alpha value is -4.93. The van der Waals surface area contributed by atoms with Gasteiger partial charge in [0.25, 0.3) is 0 Å². The molecule has 0 radical (unpaired) electrons. The molecule has 42 heavy (non-hydrogen) atoms. The molecule has 6 rings (SSSR count). The Morgan fingerprint density at radius 3 is 2.50 bits per heavy atom. The highest BCUT2D eigenvalue weighted by atomic mass is 19.1. The summed E-state index contributed by atoms with van der Waals surface area (Å²) < 4.78 is 26.8. The highest BCUT2D eigenvalue weighted by Gasteiger charge is 2.23. The minimum atomic E-state index is -0.489. The SMILES string of the molecule is C=CC(=O)N1CCC(Nc2cc3c(Nc4ccc(Oc5ccnc(NC6CC6)c5)cc4F)ncnc3cc2OC)CC1. The van der Waals surface area contributed by atoms with Crippen molar-refractivity contribution in [3.63, 3.8) is 0 Å². The number of amides is 1. The molecule has 0 bridgehead atoms. The number of likely N-dealkylation sites (tertiary alicyclic amines) is 1. The number of methoxy groups -OCH3 is 1. The number of nitrogens with one attached hydrogen (secondary N) is 3. The summed E-state index contributed by atoms with van der Waals surface area (Å²) >= 11 is 0. The van der Waals surface area contributed by atoms with E-state index in [1.165, 1.54) is 18.5 Å². The highest BCUT2D eigenvalue weighted by Crippen LogP contribution is 2.35. The topological polar surface area (TPSA) is 114 Å². The third kappa shape index (κ3) is 6.19. The first-order valence-corrected chi connectivity index (χ1v) is 14.0. The van der Waals surface area contributed by atoms with E-state index >= 15 is 4.39 Å². The van der Waals surface area contributed by atoms with Gasteiger partial charge in [-0.15, -0.1) is 0 Å². The zero-order valence-electron chi connectivity index (χ0n) is 23.3. The molecular weight excluding hydrogens is 537 g/mol. The average molecular weight is 570 g/mol. The molecule has 1 aliphatic heterocycles. The lowest BCUT2D eigenvalue weighted by molar-refractivity contribution is -0.126. The number of nitrogens with zero attached hydrogens (tertiary/aromatic N) is 4. The monoisotopic (exact) mass is 569 g/mol. The lowest BCUT2D eigenvalue weighted by Gasteiger charge is -2.32. The molecule has 1 amide bonds. The summed E-state index contributed by atoms with van der Waals surface area (Å²) in [5.74, 6) is 2.23. The number of fused-ring (bicyclic) bond motifs is 1. The number of benzene rings is 2. The number of piperidine rings is 1.